The van der Waals surface area contributed by atoms with Crippen LogP contribution in [0, 0.1) is 0 Å². The van der Waals surface area contributed by atoms with Crippen LogP contribution >= 0.6 is 63.7 Å². The summed E-state index contributed by atoms with van der Waals surface area (Å²) in [5, 5.41) is 0.920. The summed E-state index contributed by atoms with van der Waals surface area (Å²) >= 11 is 13.5. The molecule has 3 nitrogen and oxygen atoms in total. The summed E-state index contributed by atoms with van der Waals surface area (Å²) in [6.45, 7) is 0.651. The van der Waals surface area contributed by atoms with Crippen LogP contribution in [0.25, 0.3) is 0 Å². The summed E-state index contributed by atoms with van der Waals surface area (Å²) in [6.07, 6.45) is 0.948. The van der Waals surface area contributed by atoms with E-state index in [9.17, 15) is 0 Å². The topological polar surface area (TPSA) is 27.7 Å². The van der Waals surface area contributed by atoms with Gasteiger partial charge in [0.15, 0.2) is 5.75 Å². The number of hydrogen-bond acceptors (Lipinski definition) is 3. The first kappa shape index (κ1) is 16.1. The molecule has 0 aromatic heterocycles. The molecule has 0 unspecified atom stereocenters. The summed E-state index contributed by atoms with van der Waals surface area (Å²) in [5.74, 6) is 0.594. The van der Waals surface area contributed by atoms with Crippen molar-refractivity contribution in [1.82, 2.24) is 0 Å². The Morgan fingerprint density at radius 2 is 1.88 bits per heavy atom. The minimum absolute atomic E-state index is 0.133. The van der Waals surface area contributed by atoms with Gasteiger partial charge in [0.25, 0.3) is 0 Å². The Kier molecular flexibility index (Phi) is 8.59. The number of halogens is 4. The first-order chi connectivity index (χ1) is 8.16. The lowest BCUT2D eigenvalue weighted by molar-refractivity contribution is -0.116. The maximum Gasteiger partial charge on any atom is 0.491 e. The Hall–Kier alpha value is 1.08. The molecule has 0 aliphatic rings. The Bertz CT molecular complexity index is 364. The Morgan fingerprint density at radius 3 is 2.59 bits per heavy atom. The van der Waals surface area contributed by atoms with Crippen molar-refractivity contribution >= 4 is 73.7 Å². The van der Waals surface area contributed by atoms with Crippen LogP contribution in [-0.4, -0.2) is 21.9 Å². The molecule has 2 radical (unpaired) electrons. The molecule has 1 rings (SSSR count). The van der Waals surface area contributed by atoms with E-state index in [1.54, 1.807) is 6.07 Å². The van der Waals surface area contributed by atoms with Crippen molar-refractivity contribution in [1.29, 1.82) is 0 Å². The third-order valence-corrected chi connectivity index (χ3v) is 5.97. The van der Waals surface area contributed by atoms with Crippen LogP contribution in [0.4, 0.5) is 0 Å². The monoisotopic (exact) mass is 508 g/mol. The molecular weight excluding hydrogens is 504 g/mol. The lowest BCUT2D eigenvalue weighted by atomic mass is 10.3. The van der Waals surface area contributed by atoms with Gasteiger partial charge in [0.1, 0.15) is 0 Å². The quantitative estimate of drug-likeness (QED) is 0.134. The van der Waals surface area contributed by atoms with Crippen LogP contribution in [0.2, 0.25) is 0 Å². The number of rotatable bonds is 7. The lowest BCUT2D eigenvalue weighted by Crippen LogP contribution is -2.09. The van der Waals surface area contributed by atoms with E-state index < -0.39 is 0 Å². The molecular formula is C9H8Br4O3Si. The van der Waals surface area contributed by atoms with Crippen molar-refractivity contribution < 1.29 is 13.9 Å². The standard InChI is InChI=1S/C9H8Br4O3Si/c10-4-1-5-14-17-16-15-7-3-2-6(11)8(12)9(7)13/h2-3H,1,4-5H2. The van der Waals surface area contributed by atoms with Gasteiger partial charge in [0.05, 0.1) is 4.47 Å². The average molecular weight is 512 g/mol. The predicted octanol–water partition coefficient (Wildman–Crippen LogP) is 4.62. The maximum absolute atomic E-state index is 5.20. The lowest BCUT2D eigenvalue weighted by Gasteiger charge is -2.08. The van der Waals surface area contributed by atoms with Crippen LogP contribution in [-0.2, 0) is 9.00 Å². The van der Waals surface area contributed by atoms with Crippen LogP contribution in [0.3, 0.4) is 0 Å². The minimum Gasteiger partial charge on any atom is -0.390 e. The van der Waals surface area contributed by atoms with Crippen molar-refractivity contribution in [2.45, 2.75) is 6.42 Å². The van der Waals surface area contributed by atoms with Crippen molar-refractivity contribution in [2.24, 2.45) is 0 Å². The molecule has 0 aliphatic heterocycles. The molecule has 0 saturated carbocycles. The van der Waals surface area contributed by atoms with E-state index in [4.69, 9.17) is 13.9 Å². The van der Waals surface area contributed by atoms with E-state index in [-0.39, 0.29) is 10.0 Å². The summed E-state index contributed by atoms with van der Waals surface area (Å²) in [6, 6.07) is 3.66. The zero-order valence-electron chi connectivity index (χ0n) is 8.51. The number of hydrogen-bond donors (Lipinski definition) is 0. The Labute approximate surface area is 136 Å². The van der Waals surface area contributed by atoms with Gasteiger partial charge in [-0.05, 0) is 66.3 Å². The zero-order chi connectivity index (χ0) is 12.7. The highest BCUT2D eigenvalue weighted by atomic mass is 79.9. The molecule has 94 valence electrons. The fourth-order valence-corrected chi connectivity index (χ4v) is 2.79. The fourth-order valence-electron chi connectivity index (χ4n) is 0.827. The van der Waals surface area contributed by atoms with E-state index in [1.165, 1.54) is 0 Å². The molecule has 1 aromatic carbocycles. The van der Waals surface area contributed by atoms with Gasteiger partial charge in [0, 0.05) is 20.9 Å². The van der Waals surface area contributed by atoms with E-state index in [1.807, 2.05) is 6.07 Å². The van der Waals surface area contributed by atoms with Gasteiger partial charge in [-0.2, -0.15) is 0 Å². The van der Waals surface area contributed by atoms with E-state index in [0.717, 1.165) is 25.2 Å². The van der Waals surface area contributed by atoms with Gasteiger partial charge >= 0.3 is 10.0 Å². The number of alkyl halides is 1. The molecule has 0 fully saturated rings. The minimum atomic E-state index is -0.133. The molecule has 0 saturated heterocycles. The normalized spacial score (nSPS) is 10.6. The molecule has 8 heteroatoms. The molecule has 0 heterocycles. The van der Waals surface area contributed by atoms with Gasteiger partial charge in [0.2, 0.25) is 0 Å². The third kappa shape index (κ3) is 5.71. The summed E-state index contributed by atoms with van der Waals surface area (Å²) in [4.78, 5) is 5.13. The van der Waals surface area contributed by atoms with Gasteiger partial charge in [-0.1, -0.05) is 15.9 Å². The second kappa shape index (κ2) is 9.06. The molecule has 0 aliphatic carbocycles. The molecule has 0 bridgehead atoms. The first-order valence-electron chi connectivity index (χ1n) is 4.56. The molecule has 0 atom stereocenters. The zero-order valence-corrected chi connectivity index (χ0v) is 15.9. The Morgan fingerprint density at radius 1 is 1.12 bits per heavy atom. The van der Waals surface area contributed by atoms with Crippen molar-refractivity contribution in [3.8, 4) is 5.75 Å². The molecule has 17 heavy (non-hydrogen) atoms. The highest BCUT2D eigenvalue weighted by Crippen LogP contribution is 2.37. The third-order valence-electron chi connectivity index (χ3n) is 1.60. The maximum atomic E-state index is 5.20. The Balaban J connectivity index is 2.35. The highest BCUT2D eigenvalue weighted by molar-refractivity contribution is 9.14. The second-order valence-corrected chi connectivity index (χ2v) is 6.67. The SMILES string of the molecule is BrCCCO[Si]OOc1ccc(Br)c(Br)c1Br. The highest BCUT2D eigenvalue weighted by Gasteiger charge is 2.09. The van der Waals surface area contributed by atoms with Crippen molar-refractivity contribution in [2.75, 3.05) is 11.9 Å². The number of benzene rings is 1. The smallest absolute Gasteiger partial charge is 0.390 e. The molecule has 0 spiro atoms. The van der Waals surface area contributed by atoms with E-state index >= 15 is 0 Å². The summed E-state index contributed by atoms with van der Waals surface area (Å²) in [7, 11) is -0.133. The van der Waals surface area contributed by atoms with E-state index in [2.05, 4.69) is 63.7 Å². The van der Waals surface area contributed by atoms with Crippen LogP contribution in [0.1, 0.15) is 6.42 Å². The van der Waals surface area contributed by atoms with Gasteiger partial charge in [-0.15, -0.1) is 0 Å². The first-order valence-corrected chi connectivity index (χ1v) is 8.88. The van der Waals surface area contributed by atoms with Crippen LogP contribution < -0.4 is 4.89 Å². The molecule has 0 N–H and O–H groups in total. The largest absolute Gasteiger partial charge is 0.491 e. The van der Waals surface area contributed by atoms with Gasteiger partial charge in [-0.25, -0.2) is 4.58 Å². The molecule has 1 aromatic rings. The van der Waals surface area contributed by atoms with Crippen LogP contribution in [0.5, 0.6) is 5.75 Å². The predicted molar refractivity (Wildman–Crippen MR) is 81.4 cm³/mol. The fraction of sp³-hybridized carbons (Fsp3) is 0.333. The average Bonchev–Trinajstić information content (AvgIpc) is 2.33. The summed E-state index contributed by atoms with van der Waals surface area (Å²) < 4.78 is 12.8. The van der Waals surface area contributed by atoms with E-state index in [0.29, 0.717) is 12.4 Å². The molecule has 0 amide bonds. The van der Waals surface area contributed by atoms with Crippen LogP contribution in [0.15, 0.2) is 25.6 Å². The van der Waals surface area contributed by atoms with Gasteiger partial charge < -0.3 is 9.31 Å². The van der Waals surface area contributed by atoms with Gasteiger partial charge in [-0.3, -0.25) is 0 Å². The summed E-state index contributed by atoms with van der Waals surface area (Å²) in [5.41, 5.74) is 0. The van der Waals surface area contributed by atoms with Crippen molar-refractivity contribution in [3.05, 3.63) is 25.6 Å². The second-order valence-electron chi connectivity index (χ2n) is 2.81. The van der Waals surface area contributed by atoms with Crippen molar-refractivity contribution in [3.63, 3.8) is 0 Å².